The standard InChI is InChI=1S/C22H25N7O/c1-3-18(30-22-19-20(24-13-23-19)25-14-26-22)16-12-15-6-4-5-7-17(15)27-21(16)29-10-8-28(2)9-11-29/h4-7,12-14,18H,3,8-11H2,1-2H3,(H,23,24,25,26). The lowest BCUT2D eigenvalue weighted by atomic mass is 10.0. The number of ether oxygens (including phenoxy) is 1. The first-order valence-electron chi connectivity index (χ1n) is 10.4. The Balaban J connectivity index is 1.58. The number of H-pyrrole nitrogens is 1. The molecule has 0 spiro atoms. The molecule has 0 aliphatic carbocycles. The van der Waals surface area contributed by atoms with Crippen LogP contribution < -0.4 is 9.64 Å². The van der Waals surface area contributed by atoms with E-state index in [1.165, 1.54) is 6.33 Å². The molecule has 0 amide bonds. The Bertz CT molecular complexity index is 1170. The van der Waals surface area contributed by atoms with Crippen LogP contribution in [0.5, 0.6) is 5.88 Å². The van der Waals surface area contributed by atoms with Gasteiger partial charge in [0.2, 0.25) is 5.88 Å². The van der Waals surface area contributed by atoms with Crippen molar-refractivity contribution in [1.29, 1.82) is 0 Å². The summed E-state index contributed by atoms with van der Waals surface area (Å²) in [4.78, 5) is 25.7. The number of nitrogens with zero attached hydrogens (tertiary/aromatic N) is 6. The average molecular weight is 403 g/mol. The fourth-order valence-electron chi connectivity index (χ4n) is 3.96. The van der Waals surface area contributed by atoms with Gasteiger partial charge in [-0.05, 0) is 25.6 Å². The molecule has 1 N–H and O–H groups in total. The maximum atomic E-state index is 6.41. The molecule has 0 radical (unpaired) electrons. The number of aromatic amines is 1. The number of nitrogens with one attached hydrogen (secondary N) is 1. The normalized spacial score (nSPS) is 16.3. The molecular weight excluding hydrogens is 378 g/mol. The van der Waals surface area contributed by atoms with Crippen molar-refractivity contribution < 1.29 is 4.74 Å². The lowest BCUT2D eigenvalue weighted by molar-refractivity contribution is 0.195. The SMILES string of the molecule is CCC(Oc1ncnc2[nH]cnc12)c1cc2ccccc2nc1N1CCN(C)CC1. The molecular formula is C22H25N7O. The highest BCUT2D eigenvalue weighted by molar-refractivity contribution is 5.82. The highest BCUT2D eigenvalue weighted by atomic mass is 16.5. The second-order valence-electron chi connectivity index (χ2n) is 7.68. The van der Waals surface area contributed by atoms with E-state index in [2.05, 4.69) is 61.9 Å². The Kier molecular flexibility index (Phi) is 4.92. The van der Waals surface area contributed by atoms with Crippen molar-refractivity contribution >= 4 is 27.9 Å². The number of imidazole rings is 1. The van der Waals surface area contributed by atoms with E-state index in [-0.39, 0.29) is 6.10 Å². The predicted octanol–water partition coefficient (Wildman–Crippen LogP) is 3.18. The monoisotopic (exact) mass is 403 g/mol. The molecule has 30 heavy (non-hydrogen) atoms. The minimum absolute atomic E-state index is 0.188. The van der Waals surface area contributed by atoms with Crippen molar-refractivity contribution in [2.75, 3.05) is 38.1 Å². The predicted molar refractivity (Wildman–Crippen MR) is 117 cm³/mol. The summed E-state index contributed by atoms with van der Waals surface area (Å²) in [5, 5.41) is 1.11. The number of pyridine rings is 1. The molecule has 1 atom stereocenters. The number of fused-ring (bicyclic) bond motifs is 2. The number of hydrogen-bond acceptors (Lipinski definition) is 7. The van der Waals surface area contributed by atoms with Crippen molar-refractivity contribution in [3.8, 4) is 5.88 Å². The van der Waals surface area contributed by atoms with E-state index in [1.54, 1.807) is 6.33 Å². The summed E-state index contributed by atoms with van der Waals surface area (Å²) >= 11 is 0. The van der Waals surface area contributed by atoms with Gasteiger partial charge in [-0.2, -0.15) is 4.98 Å². The van der Waals surface area contributed by atoms with Crippen LogP contribution in [-0.2, 0) is 0 Å². The molecule has 3 aromatic heterocycles. The van der Waals surface area contributed by atoms with E-state index in [4.69, 9.17) is 9.72 Å². The molecule has 1 aliphatic heterocycles. The van der Waals surface area contributed by atoms with Gasteiger partial charge in [0.1, 0.15) is 18.2 Å². The zero-order valence-corrected chi connectivity index (χ0v) is 17.2. The maximum Gasteiger partial charge on any atom is 0.246 e. The van der Waals surface area contributed by atoms with E-state index in [1.807, 2.05) is 12.1 Å². The van der Waals surface area contributed by atoms with Gasteiger partial charge in [0.05, 0.1) is 11.8 Å². The quantitative estimate of drug-likeness (QED) is 0.548. The van der Waals surface area contributed by atoms with Crippen LogP contribution in [0, 0.1) is 0 Å². The number of likely N-dealkylation sites (N-methyl/N-ethyl adjacent to an activating group) is 1. The van der Waals surface area contributed by atoms with Crippen LogP contribution in [0.25, 0.3) is 22.1 Å². The summed E-state index contributed by atoms with van der Waals surface area (Å²) in [7, 11) is 2.16. The van der Waals surface area contributed by atoms with Gasteiger partial charge in [0, 0.05) is 37.1 Å². The topological polar surface area (TPSA) is 83.1 Å². The minimum atomic E-state index is -0.188. The zero-order chi connectivity index (χ0) is 20.5. The fourth-order valence-corrected chi connectivity index (χ4v) is 3.96. The number of rotatable bonds is 5. The smallest absolute Gasteiger partial charge is 0.246 e. The zero-order valence-electron chi connectivity index (χ0n) is 17.2. The summed E-state index contributed by atoms with van der Waals surface area (Å²) in [6.07, 6.45) is 3.71. The highest BCUT2D eigenvalue weighted by Crippen LogP contribution is 2.34. The van der Waals surface area contributed by atoms with Crippen molar-refractivity contribution in [1.82, 2.24) is 29.8 Å². The number of hydrogen-bond donors (Lipinski definition) is 1. The maximum absolute atomic E-state index is 6.41. The molecule has 1 aromatic carbocycles. The molecule has 8 heteroatoms. The van der Waals surface area contributed by atoms with Crippen LogP contribution in [0.3, 0.4) is 0 Å². The Morgan fingerprint density at radius 1 is 1.10 bits per heavy atom. The third kappa shape index (κ3) is 3.43. The van der Waals surface area contributed by atoms with Crippen LogP contribution in [0.4, 0.5) is 5.82 Å². The van der Waals surface area contributed by atoms with Crippen LogP contribution >= 0.6 is 0 Å². The molecule has 1 aliphatic rings. The Labute approximate surface area is 174 Å². The molecule has 8 nitrogen and oxygen atoms in total. The van der Waals surface area contributed by atoms with Gasteiger partial charge in [0.15, 0.2) is 11.2 Å². The second kappa shape index (κ2) is 7.87. The van der Waals surface area contributed by atoms with Gasteiger partial charge < -0.3 is 19.5 Å². The number of piperazine rings is 1. The molecule has 154 valence electrons. The van der Waals surface area contributed by atoms with E-state index < -0.39 is 0 Å². The van der Waals surface area contributed by atoms with E-state index in [0.29, 0.717) is 17.0 Å². The number of anilines is 1. The van der Waals surface area contributed by atoms with Gasteiger partial charge in [-0.25, -0.2) is 15.0 Å². The molecule has 4 heterocycles. The van der Waals surface area contributed by atoms with Crippen molar-refractivity contribution in [2.45, 2.75) is 19.4 Å². The van der Waals surface area contributed by atoms with Gasteiger partial charge in [-0.15, -0.1) is 0 Å². The number of para-hydroxylation sites is 1. The van der Waals surface area contributed by atoms with Crippen molar-refractivity contribution in [2.24, 2.45) is 0 Å². The first kappa shape index (κ1) is 18.7. The molecule has 1 saturated heterocycles. The number of benzene rings is 1. The van der Waals surface area contributed by atoms with E-state index in [9.17, 15) is 0 Å². The Hall–Kier alpha value is -3.26. The van der Waals surface area contributed by atoms with E-state index in [0.717, 1.165) is 54.9 Å². The highest BCUT2D eigenvalue weighted by Gasteiger charge is 2.25. The fraction of sp³-hybridized carbons (Fsp3) is 0.364. The molecule has 0 saturated carbocycles. The van der Waals surface area contributed by atoms with Gasteiger partial charge >= 0.3 is 0 Å². The van der Waals surface area contributed by atoms with Crippen LogP contribution in [-0.4, -0.2) is 63.0 Å². The Morgan fingerprint density at radius 3 is 2.77 bits per heavy atom. The lowest BCUT2D eigenvalue weighted by Gasteiger charge is -2.35. The van der Waals surface area contributed by atoms with E-state index >= 15 is 0 Å². The van der Waals surface area contributed by atoms with Gasteiger partial charge in [0.25, 0.3) is 0 Å². The molecule has 0 bridgehead atoms. The van der Waals surface area contributed by atoms with Crippen molar-refractivity contribution in [3.63, 3.8) is 0 Å². The molecule has 1 unspecified atom stereocenters. The Morgan fingerprint density at radius 2 is 1.93 bits per heavy atom. The lowest BCUT2D eigenvalue weighted by Crippen LogP contribution is -2.45. The molecule has 4 aromatic rings. The molecule has 5 rings (SSSR count). The molecule has 1 fully saturated rings. The average Bonchev–Trinajstić information content (AvgIpc) is 3.27. The summed E-state index contributed by atoms with van der Waals surface area (Å²) in [5.41, 5.74) is 3.40. The third-order valence-electron chi connectivity index (χ3n) is 5.69. The summed E-state index contributed by atoms with van der Waals surface area (Å²) < 4.78 is 6.41. The second-order valence-corrected chi connectivity index (χ2v) is 7.68. The van der Waals surface area contributed by atoms with Crippen LogP contribution in [0.2, 0.25) is 0 Å². The largest absolute Gasteiger partial charge is 0.468 e. The third-order valence-corrected chi connectivity index (χ3v) is 5.69. The first-order valence-corrected chi connectivity index (χ1v) is 10.4. The van der Waals surface area contributed by atoms with Gasteiger partial charge in [-0.3, -0.25) is 0 Å². The summed E-state index contributed by atoms with van der Waals surface area (Å²) in [6.45, 7) is 6.05. The van der Waals surface area contributed by atoms with Crippen LogP contribution in [0.1, 0.15) is 25.0 Å². The summed E-state index contributed by atoms with van der Waals surface area (Å²) in [6, 6.07) is 10.5. The minimum Gasteiger partial charge on any atom is -0.468 e. The first-order chi connectivity index (χ1) is 14.7. The van der Waals surface area contributed by atoms with Crippen molar-refractivity contribution in [3.05, 3.63) is 48.5 Å². The number of aromatic nitrogens is 5. The van der Waals surface area contributed by atoms with Gasteiger partial charge in [-0.1, -0.05) is 25.1 Å². The van der Waals surface area contributed by atoms with Crippen LogP contribution in [0.15, 0.2) is 43.0 Å². The summed E-state index contributed by atoms with van der Waals surface area (Å²) in [5.74, 6) is 1.49.